The Labute approximate surface area is 176 Å². The molecule has 28 heavy (non-hydrogen) atoms. The summed E-state index contributed by atoms with van der Waals surface area (Å²) in [6.45, 7) is 2.59. The van der Waals surface area contributed by atoms with Crippen molar-refractivity contribution < 1.29 is 17.9 Å². The highest BCUT2D eigenvalue weighted by atomic mass is 79.9. The first-order chi connectivity index (χ1) is 13.4. The first-order valence-electron chi connectivity index (χ1n) is 8.90. The van der Waals surface area contributed by atoms with Crippen molar-refractivity contribution in [3.63, 3.8) is 0 Å². The van der Waals surface area contributed by atoms with Gasteiger partial charge < -0.3 is 9.47 Å². The number of benzene rings is 2. The van der Waals surface area contributed by atoms with Crippen LogP contribution in [0.15, 0.2) is 59.5 Å². The zero-order valence-electron chi connectivity index (χ0n) is 16.4. The molecule has 0 unspecified atom stereocenters. The molecule has 7 heteroatoms. The van der Waals surface area contributed by atoms with Crippen LogP contribution in [0.2, 0.25) is 0 Å². The minimum Gasteiger partial charge on any atom is -0.497 e. The van der Waals surface area contributed by atoms with E-state index in [1.807, 2.05) is 43.3 Å². The molecule has 5 nitrogen and oxygen atoms in total. The van der Waals surface area contributed by atoms with Gasteiger partial charge in [-0.1, -0.05) is 45.8 Å². The van der Waals surface area contributed by atoms with E-state index in [9.17, 15) is 8.42 Å². The van der Waals surface area contributed by atoms with Crippen LogP contribution < -0.4 is 9.47 Å². The Morgan fingerprint density at radius 1 is 1.00 bits per heavy atom. The number of alkyl halides is 1. The summed E-state index contributed by atoms with van der Waals surface area (Å²) in [5.41, 5.74) is 1.97. The normalized spacial score (nSPS) is 11.9. The van der Waals surface area contributed by atoms with Crippen molar-refractivity contribution >= 4 is 26.0 Å². The van der Waals surface area contributed by atoms with Crippen LogP contribution in [0, 0.1) is 6.92 Å². The first kappa shape index (κ1) is 22.5. The lowest BCUT2D eigenvalue weighted by molar-refractivity contribution is 0.392. The van der Waals surface area contributed by atoms with Gasteiger partial charge in [0.25, 0.3) is 0 Å². The van der Waals surface area contributed by atoms with Gasteiger partial charge in [0.2, 0.25) is 10.0 Å². The van der Waals surface area contributed by atoms with Crippen LogP contribution in [0.4, 0.5) is 0 Å². The fourth-order valence-corrected chi connectivity index (χ4v) is 4.34. The van der Waals surface area contributed by atoms with Gasteiger partial charge in [0.1, 0.15) is 11.5 Å². The second-order valence-electron chi connectivity index (χ2n) is 6.27. The largest absolute Gasteiger partial charge is 0.497 e. The summed E-state index contributed by atoms with van der Waals surface area (Å²) in [5.74, 6) is 1.36. The average molecular weight is 468 g/mol. The van der Waals surface area contributed by atoms with E-state index >= 15 is 0 Å². The van der Waals surface area contributed by atoms with Crippen LogP contribution in [0.1, 0.15) is 11.1 Å². The lowest BCUT2D eigenvalue weighted by atomic mass is 10.1. The van der Waals surface area contributed by atoms with Gasteiger partial charge in [-0.2, -0.15) is 4.31 Å². The van der Waals surface area contributed by atoms with Crippen molar-refractivity contribution in [2.24, 2.45) is 0 Å². The Bertz CT molecular complexity index is 873. The van der Waals surface area contributed by atoms with E-state index in [0.29, 0.717) is 41.2 Å². The van der Waals surface area contributed by atoms with Crippen molar-refractivity contribution in [3.8, 4) is 11.5 Å². The standard InChI is InChI=1S/C21H26BrNO4S/c1-17-6-8-21(9-7-17)28(24,25)23(12-5-4-11-22)13-10-18-14-19(26-2)16-20(15-18)27-3/h4-9,14-16H,10-13H2,1-3H3/b5-4+. The molecule has 0 aliphatic heterocycles. The van der Waals surface area contributed by atoms with Gasteiger partial charge in [0.05, 0.1) is 19.1 Å². The van der Waals surface area contributed by atoms with E-state index in [1.165, 1.54) is 4.31 Å². The van der Waals surface area contributed by atoms with Crippen molar-refractivity contribution in [2.75, 3.05) is 32.6 Å². The Balaban J connectivity index is 2.26. The van der Waals surface area contributed by atoms with E-state index in [4.69, 9.17) is 9.47 Å². The summed E-state index contributed by atoms with van der Waals surface area (Å²) in [6, 6.07) is 12.5. The lowest BCUT2D eigenvalue weighted by Crippen LogP contribution is -2.33. The molecule has 0 saturated heterocycles. The minimum absolute atomic E-state index is 0.300. The van der Waals surface area contributed by atoms with Gasteiger partial charge in [0.15, 0.2) is 0 Å². The maximum absolute atomic E-state index is 13.1. The number of methoxy groups -OCH3 is 2. The summed E-state index contributed by atoms with van der Waals surface area (Å²) >= 11 is 3.33. The summed E-state index contributed by atoms with van der Waals surface area (Å²) < 4.78 is 38.4. The number of rotatable bonds is 10. The molecule has 2 aromatic rings. The maximum Gasteiger partial charge on any atom is 0.243 e. The topological polar surface area (TPSA) is 55.8 Å². The molecule has 0 aromatic heterocycles. The second kappa shape index (κ2) is 10.6. The molecule has 2 rings (SSSR count). The number of aryl methyl sites for hydroxylation is 1. The van der Waals surface area contributed by atoms with Gasteiger partial charge in [-0.05, 0) is 43.2 Å². The molecule has 0 spiro atoms. The molecule has 0 aliphatic carbocycles. The SMILES string of the molecule is COc1cc(CCN(C/C=C/CBr)S(=O)(=O)c2ccc(C)cc2)cc(OC)c1. The Kier molecular flexibility index (Phi) is 8.54. The second-order valence-corrected chi connectivity index (χ2v) is 8.86. The van der Waals surface area contributed by atoms with Gasteiger partial charge in [0, 0.05) is 24.5 Å². The minimum atomic E-state index is -3.60. The van der Waals surface area contributed by atoms with E-state index in [2.05, 4.69) is 15.9 Å². The molecule has 0 radical (unpaired) electrons. The van der Waals surface area contributed by atoms with Crippen molar-refractivity contribution in [1.82, 2.24) is 4.31 Å². The van der Waals surface area contributed by atoms with E-state index < -0.39 is 10.0 Å². The smallest absolute Gasteiger partial charge is 0.243 e. The molecular weight excluding hydrogens is 442 g/mol. The number of nitrogens with zero attached hydrogens (tertiary/aromatic N) is 1. The predicted molar refractivity (Wildman–Crippen MR) is 116 cm³/mol. The molecule has 0 aliphatic rings. The number of allylic oxidation sites excluding steroid dienone is 1. The molecule has 0 N–H and O–H groups in total. The number of ether oxygens (including phenoxy) is 2. The predicted octanol–water partition coefficient (Wildman–Crippen LogP) is 4.20. The molecule has 0 fully saturated rings. The third-order valence-electron chi connectivity index (χ3n) is 4.28. The first-order valence-corrected chi connectivity index (χ1v) is 11.5. The van der Waals surface area contributed by atoms with Crippen LogP contribution in [0.3, 0.4) is 0 Å². The van der Waals surface area contributed by atoms with E-state index in [-0.39, 0.29) is 0 Å². The summed E-state index contributed by atoms with van der Waals surface area (Å²) in [5, 5.41) is 0.679. The highest BCUT2D eigenvalue weighted by molar-refractivity contribution is 9.09. The molecule has 0 bridgehead atoms. The number of sulfonamides is 1. The summed E-state index contributed by atoms with van der Waals surface area (Å²) in [7, 11) is -0.405. The quantitative estimate of drug-likeness (QED) is 0.388. The Morgan fingerprint density at radius 2 is 1.61 bits per heavy atom. The Morgan fingerprint density at radius 3 is 2.14 bits per heavy atom. The monoisotopic (exact) mass is 467 g/mol. The maximum atomic E-state index is 13.1. The molecule has 0 heterocycles. The zero-order valence-corrected chi connectivity index (χ0v) is 18.8. The van der Waals surface area contributed by atoms with Gasteiger partial charge in [-0.15, -0.1) is 0 Å². The summed E-state index contributed by atoms with van der Waals surface area (Å²) in [4.78, 5) is 0.300. The molecular formula is C21H26BrNO4S. The van der Waals surface area contributed by atoms with Crippen LogP contribution in [0.25, 0.3) is 0 Å². The van der Waals surface area contributed by atoms with Crippen LogP contribution in [-0.2, 0) is 16.4 Å². The Hall–Kier alpha value is -1.83. The third-order valence-corrected chi connectivity index (χ3v) is 6.54. The molecule has 2 aromatic carbocycles. The number of hydrogen-bond acceptors (Lipinski definition) is 4. The molecule has 0 atom stereocenters. The fraction of sp³-hybridized carbons (Fsp3) is 0.333. The highest BCUT2D eigenvalue weighted by Crippen LogP contribution is 2.24. The lowest BCUT2D eigenvalue weighted by Gasteiger charge is -2.21. The van der Waals surface area contributed by atoms with Crippen molar-refractivity contribution in [1.29, 1.82) is 0 Å². The number of hydrogen-bond donors (Lipinski definition) is 0. The number of halogens is 1. The third kappa shape index (κ3) is 6.09. The summed E-state index contributed by atoms with van der Waals surface area (Å²) in [6.07, 6.45) is 4.29. The van der Waals surface area contributed by atoms with Gasteiger partial charge in [-0.3, -0.25) is 0 Å². The molecule has 152 valence electrons. The van der Waals surface area contributed by atoms with Crippen LogP contribution >= 0.6 is 15.9 Å². The molecule has 0 saturated carbocycles. The van der Waals surface area contributed by atoms with Crippen LogP contribution in [0.5, 0.6) is 11.5 Å². The van der Waals surface area contributed by atoms with Gasteiger partial charge in [-0.25, -0.2) is 8.42 Å². The molecule has 0 amide bonds. The zero-order chi connectivity index (χ0) is 20.6. The van der Waals surface area contributed by atoms with E-state index in [0.717, 1.165) is 11.1 Å². The van der Waals surface area contributed by atoms with Crippen molar-refractivity contribution in [2.45, 2.75) is 18.2 Å². The van der Waals surface area contributed by atoms with E-state index in [1.54, 1.807) is 32.4 Å². The fourth-order valence-electron chi connectivity index (χ4n) is 2.69. The van der Waals surface area contributed by atoms with Crippen molar-refractivity contribution in [3.05, 3.63) is 65.7 Å². The van der Waals surface area contributed by atoms with Crippen LogP contribution in [-0.4, -0.2) is 45.4 Å². The average Bonchev–Trinajstić information content (AvgIpc) is 2.70. The van der Waals surface area contributed by atoms with Gasteiger partial charge >= 0.3 is 0 Å². The highest BCUT2D eigenvalue weighted by Gasteiger charge is 2.23.